The van der Waals surface area contributed by atoms with Crippen LogP contribution in [0.4, 0.5) is 0 Å². The first-order chi connectivity index (χ1) is 13.0. The van der Waals surface area contributed by atoms with E-state index in [1.54, 1.807) is 6.07 Å². The Balaban J connectivity index is 1.88. The van der Waals surface area contributed by atoms with E-state index in [2.05, 4.69) is 51.1 Å². The number of benzene rings is 3. The van der Waals surface area contributed by atoms with Crippen LogP contribution in [0.1, 0.15) is 55.0 Å². The molecule has 136 valence electrons. The van der Waals surface area contributed by atoms with Crippen LogP contribution in [0.3, 0.4) is 0 Å². The molecule has 2 nitrogen and oxygen atoms in total. The molecule has 1 aliphatic rings. The molecule has 1 N–H and O–H groups in total. The highest BCUT2D eigenvalue weighted by molar-refractivity contribution is 5.95. The smallest absolute Gasteiger partial charge is 0.150 e. The standard InChI is InChI=1S/C25H24O2/c1-16(2)18-11-13-19(14-12-18)25-24(20-7-6-8-21(26)15-20)17(3)22-9-4-5-10-23(22)27-25/h4-16,25-26H,1-3H3. The van der Waals surface area contributed by atoms with Crippen LogP contribution in [0.25, 0.3) is 11.1 Å². The van der Waals surface area contributed by atoms with Crippen LogP contribution in [-0.2, 0) is 0 Å². The van der Waals surface area contributed by atoms with Crippen molar-refractivity contribution in [1.82, 2.24) is 0 Å². The second-order valence-electron chi connectivity index (χ2n) is 7.40. The van der Waals surface area contributed by atoms with Crippen LogP contribution in [0.2, 0.25) is 0 Å². The molecule has 0 fully saturated rings. The molecule has 0 radical (unpaired) electrons. The molecule has 0 aliphatic carbocycles. The fraction of sp³-hybridized carbons (Fsp3) is 0.200. The molecule has 0 amide bonds. The molecule has 1 heterocycles. The third-order valence-electron chi connectivity index (χ3n) is 5.27. The van der Waals surface area contributed by atoms with Gasteiger partial charge in [-0.15, -0.1) is 0 Å². The molecule has 0 spiro atoms. The molecule has 27 heavy (non-hydrogen) atoms. The summed E-state index contributed by atoms with van der Waals surface area (Å²) in [4.78, 5) is 0. The first-order valence-electron chi connectivity index (χ1n) is 9.40. The summed E-state index contributed by atoms with van der Waals surface area (Å²) in [6.45, 7) is 6.53. The Kier molecular flexibility index (Phi) is 4.49. The zero-order valence-corrected chi connectivity index (χ0v) is 15.9. The normalized spacial score (nSPS) is 16.2. The minimum atomic E-state index is -0.206. The van der Waals surface area contributed by atoms with Crippen LogP contribution in [0.5, 0.6) is 11.5 Å². The molecule has 0 saturated heterocycles. The number of allylic oxidation sites excluding steroid dienone is 1. The third kappa shape index (κ3) is 3.23. The number of hydrogen-bond donors (Lipinski definition) is 1. The van der Waals surface area contributed by atoms with E-state index in [1.807, 2.05) is 36.4 Å². The van der Waals surface area contributed by atoms with Crippen molar-refractivity contribution in [1.29, 1.82) is 0 Å². The summed E-state index contributed by atoms with van der Waals surface area (Å²) in [6, 6.07) is 24.2. The molecule has 0 bridgehead atoms. The van der Waals surface area contributed by atoms with Gasteiger partial charge < -0.3 is 9.84 Å². The Labute approximate surface area is 160 Å². The zero-order valence-electron chi connectivity index (χ0n) is 15.9. The Morgan fingerprint density at radius 1 is 0.889 bits per heavy atom. The molecule has 4 rings (SSSR count). The lowest BCUT2D eigenvalue weighted by Gasteiger charge is -2.31. The quantitative estimate of drug-likeness (QED) is 0.574. The van der Waals surface area contributed by atoms with Crippen LogP contribution in [-0.4, -0.2) is 5.11 Å². The fourth-order valence-corrected chi connectivity index (χ4v) is 3.74. The maximum Gasteiger partial charge on any atom is 0.150 e. The highest BCUT2D eigenvalue weighted by atomic mass is 16.5. The predicted octanol–water partition coefficient (Wildman–Crippen LogP) is 6.58. The number of rotatable bonds is 3. The minimum Gasteiger partial charge on any atom is -0.508 e. The first kappa shape index (κ1) is 17.4. The fourth-order valence-electron chi connectivity index (χ4n) is 3.74. The number of phenolic OH excluding ortho intramolecular Hbond substituents is 1. The average molecular weight is 356 g/mol. The molecule has 3 aromatic rings. The Bertz CT molecular complexity index is 997. The van der Waals surface area contributed by atoms with Gasteiger partial charge >= 0.3 is 0 Å². The van der Waals surface area contributed by atoms with Gasteiger partial charge in [-0.2, -0.15) is 0 Å². The van der Waals surface area contributed by atoms with Gasteiger partial charge in [-0.3, -0.25) is 0 Å². The van der Waals surface area contributed by atoms with Crippen molar-refractivity contribution in [2.24, 2.45) is 0 Å². The van der Waals surface area contributed by atoms with E-state index in [0.29, 0.717) is 5.92 Å². The van der Waals surface area contributed by atoms with Crippen LogP contribution >= 0.6 is 0 Å². The monoisotopic (exact) mass is 356 g/mol. The van der Waals surface area contributed by atoms with Crippen molar-refractivity contribution in [3.05, 3.63) is 95.1 Å². The Morgan fingerprint density at radius 3 is 2.33 bits per heavy atom. The summed E-state index contributed by atoms with van der Waals surface area (Å²) < 4.78 is 6.46. The number of phenols is 1. The van der Waals surface area contributed by atoms with Crippen LogP contribution in [0.15, 0.2) is 72.8 Å². The zero-order chi connectivity index (χ0) is 19.0. The van der Waals surface area contributed by atoms with Gasteiger partial charge in [-0.05, 0) is 53.3 Å². The minimum absolute atomic E-state index is 0.206. The number of ether oxygens (including phenoxy) is 1. The third-order valence-corrected chi connectivity index (χ3v) is 5.27. The van der Waals surface area contributed by atoms with Gasteiger partial charge in [0.25, 0.3) is 0 Å². The largest absolute Gasteiger partial charge is 0.508 e. The maximum atomic E-state index is 10.0. The first-order valence-corrected chi connectivity index (χ1v) is 9.40. The van der Waals surface area contributed by atoms with Crippen molar-refractivity contribution in [3.63, 3.8) is 0 Å². The molecule has 0 saturated carbocycles. The van der Waals surface area contributed by atoms with Crippen LogP contribution in [0, 0.1) is 0 Å². The topological polar surface area (TPSA) is 29.5 Å². The van der Waals surface area contributed by atoms with Gasteiger partial charge in [-0.1, -0.05) is 68.4 Å². The van der Waals surface area contributed by atoms with Gasteiger partial charge in [0.2, 0.25) is 0 Å². The molecule has 2 heteroatoms. The van der Waals surface area contributed by atoms with Gasteiger partial charge in [0.1, 0.15) is 17.6 Å². The van der Waals surface area contributed by atoms with E-state index in [1.165, 1.54) is 11.1 Å². The predicted molar refractivity (Wildman–Crippen MR) is 111 cm³/mol. The summed E-state index contributed by atoms with van der Waals surface area (Å²) >= 11 is 0. The van der Waals surface area contributed by atoms with Gasteiger partial charge in [0.15, 0.2) is 0 Å². The highest BCUT2D eigenvalue weighted by Gasteiger charge is 2.29. The van der Waals surface area contributed by atoms with Crippen LogP contribution < -0.4 is 4.74 Å². The van der Waals surface area contributed by atoms with Crippen molar-refractivity contribution < 1.29 is 9.84 Å². The van der Waals surface area contributed by atoms with E-state index >= 15 is 0 Å². The van der Waals surface area contributed by atoms with Crippen molar-refractivity contribution >= 4 is 11.1 Å². The lowest BCUT2D eigenvalue weighted by molar-refractivity contribution is 0.260. The van der Waals surface area contributed by atoms with E-state index in [9.17, 15) is 5.11 Å². The van der Waals surface area contributed by atoms with E-state index in [0.717, 1.165) is 28.0 Å². The average Bonchev–Trinajstić information content (AvgIpc) is 2.68. The lowest BCUT2D eigenvalue weighted by atomic mass is 9.85. The molecule has 0 aromatic heterocycles. The highest BCUT2D eigenvalue weighted by Crippen LogP contribution is 2.46. The number of aromatic hydroxyl groups is 1. The number of hydrogen-bond acceptors (Lipinski definition) is 2. The van der Waals surface area contributed by atoms with Gasteiger partial charge in [-0.25, -0.2) is 0 Å². The van der Waals surface area contributed by atoms with Crippen molar-refractivity contribution in [2.45, 2.75) is 32.8 Å². The Morgan fingerprint density at radius 2 is 1.63 bits per heavy atom. The van der Waals surface area contributed by atoms with Crippen molar-refractivity contribution in [2.75, 3.05) is 0 Å². The summed E-state index contributed by atoms with van der Waals surface area (Å²) in [5.74, 6) is 1.66. The van der Waals surface area contributed by atoms with E-state index in [4.69, 9.17) is 4.74 Å². The molecular formula is C25H24O2. The maximum absolute atomic E-state index is 10.0. The summed E-state index contributed by atoms with van der Waals surface area (Å²) in [5.41, 5.74) is 6.80. The molecule has 3 aromatic carbocycles. The molecular weight excluding hydrogens is 332 g/mol. The summed E-state index contributed by atoms with van der Waals surface area (Å²) in [7, 11) is 0. The summed E-state index contributed by atoms with van der Waals surface area (Å²) in [5, 5.41) is 10.0. The lowest BCUT2D eigenvalue weighted by Crippen LogP contribution is -2.16. The molecule has 1 atom stereocenters. The number of fused-ring (bicyclic) bond motifs is 1. The SMILES string of the molecule is CC1=C(c2cccc(O)c2)C(c2ccc(C(C)C)cc2)Oc2ccccc21. The van der Waals surface area contributed by atoms with Crippen molar-refractivity contribution in [3.8, 4) is 11.5 Å². The summed E-state index contributed by atoms with van der Waals surface area (Å²) in [6.07, 6.45) is -0.206. The number of para-hydroxylation sites is 1. The Hall–Kier alpha value is -3.00. The molecule has 1 aliphatic heterocycles. The van der Waals surface area contributed by atoms with E-state index < -0.39 is 0 Å². The second kappa shape index (κ2) is 6.96. The van der Waals surface area contributed by atoms with E-state index in [-0.39, 0.29) is 11.9 Å². The molecule has 1 unspecified atom stereocenters. The van der Waals surface area contributed by atoms with Gasteiger partial charge in [0.05, 0.1) is 0 Å². The van der Waals surface area contributed by atoms with Gasteiger partial charge in [0, 0.05) is 11.1 Å². The second-order valence-corrected chi connectivity index (χ2v) is 7.40.